The van der Waals surface area contributed by atoms with Gasteiger partial charge in [-0.2, -0.15) is 0 Å². The number of rotatable bonds is 7. The van der Waals surface area contributed by atoms with E-state index < -0.39 is 0 Å². The first kappa shape index (κ1) is 19.2. The molecule has 4 heteroatoms. The molecular weight excluding hydrogens is 352 g/mol. The predicted octanol–water partition coefficient (Wildman–Crippen LogP) is 3.73. The van der Waals surface area contributed by atoms with Crippen LogP contribution in [0, 0.1) is 0 Å². The number of thioether (sulfide) groups is 1. The molecule has 0 aromatic heterocycles. The van der Waals surface area contributed by atoms with Crippen molar-refractivity contribution < 1.29 is 9.69 Å². The van der Waals surface area contributed by atoms with Gasteiger partial charge in [0.15, 0.2) is 6.54 Å². The number of hydrogen-bond acceptors (Lipinski definition) is 2. The van der Waals surface area contributed by atoms with E-state index in [1.165, 1.54) is 10.5 Å². The average molecular weight is 378 g/mol. The zero-order valence-electron chi connectivity index (χ0n) is 15.7. The zero-order chi connectivity index (χ0) is 19.1. The summed E-state index contributed by atoms with van der Waals surface area (Å²) in [5, 5.41) is 3.08. The third-order valence-electron chi connectivity index (χ3n) is 4.41. The van der Waals surface area contributed by atoms with E-state index in [9.17, 15) is 4.79 Å². The average Bonchev–Trinajstić information content (AvgIpc) is 2.69. The van der Waals surface area contributed by atoms with Crippen molar-refractivity contribution in [2.45, 2.75) is 11.4 Å². The van der Waals surface area contributed by atoms with Gasteiger partial charge in [-0.05, 0) is 30.0 Å². The standard InChI is InChI=1S/C23H24N2OS/c1-25(16-18-12-14-20(27-2)15-13-18)17-23(26)24-22-11-7-6-10-21(22)19-8-4-3-5-9-19/h3-15H,16-17H2,1-2H3,(H,24,26)/p+1. The maximum Gasteiger partial charge on any atom is 0.279 e. The molecule has 27 heavy (non-hydrogen) atoms. The van der Waals surface area contributed by atoms with Gasteiger partial charge in [-0.25, -0.2) is 0 Å². The second-order valence-electron chi connectivity index (χ2n) is 6.62. The quantitative estimate of drug-likeness (QED) is 0.615. The number of quaternary nitrogens is 1. The summed E-state index contributed by atoms with van der Waals surface area (Å²) in [7, 11) is 2.05. The number of carbonyl (C=O) groups is 1. The smallest absolute Gasteiger partial charge is 0.279 e. The van der Waals surface area contributed by atoms with Gasteiger partial charge in [-0.1, -0.05) is 60.7 Å². The lowest BCUT2D eigenvalue weighted by Gasteiger charge is -2.15. The van der Waals surface area contributed by atoms with E-state index in [-0.39, 0.29) is 5.91 Å². The number of nitrogens with one attached hydrogen (secondary N) is 2. The molecular formula is C23H25N2OS+. The van der Waals surface area contributed by atoms with E-state index in [1.54, 1.807) is 11.8 Å². The van der Waals surface area contributed by atoms with Crippen molar-refractivity contribution in [1.29, 1.82) is 0 Å². The molecule has 3 aromatic carbocycles. The SMILES string of the molecule is CSc1ccc(C[NH+](C)CC(=O)Nc2ccccc2-c2ccccc2)cc1. The van der Waals surface area contributed by atoms with Crippen molar-refractivity contribution in [3.63, 3.8) is 0 Å². The summed E-state index contributed by atoms with van der Waals surface area (Å²) in [5.41, 5.74) is 4.23. The number of benzene rings is 3. The van der Waals surface area contributed by atoms with Crippen molar-refractivity contribution in [1.82, 2.24) is 0 Å². The molecule has 0 heterocycles. The maximum absolute atomic E-state index is 12.6. The topological polar surface area (TPSA) is 33.5 Å². The first-order chi connectivity index (χ1) is 13.2. The van der Waals surface area contributed by atoms with Crippen molar-refractivity contribution in [3.8, 4) is 11.1 Å². The largest absolute Gasteiger partial charge is 0.326 e. The monoisotopic (exact) mass is 377 g/mol. The Kier molecular flexibility index (Phi) is 6.69. The lowest BCUT2D eigenvalue weighted by molar-refractivity contribution is -0.885. The van der Waals surface area contributed by atoms with E-state index in [4.69, 9.17) is 0 Å². The number of anilines is 1. The Hall–Kier alpha value is -2.56. The minimum absolute atomic E-state index is 0.0246. The van der Waals surface area contributed by atoms with Crippen LogP contribution >= 0.6 is 11.8 Å². The molecule has 0 bridgehead atoms. The predicted molar refractivity (Wildman–Crippen MR) is 114 cm³/mol. The van der Waals surface area contributed by atoms with Gasteiger partial charge in [0, 0.05) is 21.7 Å². The Morgan fingerprint density at radius 2 is 1.59 bits per heavy atom. The Balaban J connectivity index is 1.62. The van der Waals surface area contributed by atoms with Crippen LogP contribution in [0.2, 0.25) is 0 Å². The van der Waals surface area contributed by atoms with Gasteiger partial charge < -0.3 is 10.2 Å². The molecule has 1 atom stereocenters. The fourth-order valence-electron chi connectivity index (χ4n) is 3.08. The maximum atomic E-state index is 12.6. The Bertz CT molecular complexity index is 878. The molecule has 0 radical (unpaired) electrons. The van der Waals surface area contributed by atoms with Crippen LogP contribution in [0.1, 0.15) is 5.56 Å². The highest BCUT2D eigenvalue weighted by Crippen LogP contribution is 2.27. The third-order valence-corrected chi connectivity index (χ3v) is 5.16. The first-order valence-corrected chi connectivity index (χ1v) is 10.3. The highest BCUT2D eigenvalue weighted by atomic mass is 32.2. The summed E-state index contributed by atoms with van der Waals surface area (Å²) in [6.07, 6.45) is 2.07. The van der Waals surface area contributed by atoms with Crippen LogP contribution in [0.4, 0.5) is 5.69 Å². The number of para-hydroxylation sites is 1. The second-order valence-corrected chi connectivity index (χ2v) is 7.50. The van der Waals surface area contributed by atoms with E-state index in [0.29, 0.717) is 6.54 Å². The normalized spacial score (nSPS) is 11.8. The fraction of sp³-hybridized carbons (Fsp3) is 0.174. The molecule has 0 saturated carbocycles. The molecule has 138 valence electrons. The zero-order valence-corrected chi connectivity index (χ0v) is 16.6. The summed E-state index contributed by atoms with van der Waals surface area (Å²) in [6, 6.07) is 26.6. The molecule has 3 nitrogen and oxygen atoms in total. The number of hydrogen-bond donors (Lipinski definition) is 2. The number of carbonyl (C=O) groups excluding carboxylic acids is 1. The molecule has 0 aliphatic rings. The molecule has 0 aliphatic carbocycles. The molecule has 1 unspecified atom stereocenters. The van der Waals surface area contributed by atoms with Crippen LogP contribution in [-0.4, -0.2) is 25.8 Å². The van der Waals surface area contributed by atoms with Crippen LogP contribution < -0.4 is 10.2 Å². The van der Waals surface area contributed by atoms with E-state index in [1.807, 2.05) is 49.5 Å². The molecule has 3 rings (SSSR count). The third kappa shape index (κ3) is 5.46. The van der Waals surface area contributed by atoms with Gasteiger partial charge >= 0.3 is 0 Å². The lowest BCUT2D eigenvalue weighted by atomic mass is 10.0. The molecule has 0 aliphatic heterocycles. The van der Waals surface area contributed by atoms with Gasteiger partial charge in [0.1, 0.15) is 6.54 Å². The molecule has 0 spiro atoms. The van der Waals surface area contributed by atoms with Crippen molar-refractivity contribution in [2.24, 2.45) is 0 Å². The van der Waals surface area contributed by atoms with Crippen LogP contribution in [0.15, 0.2) is 83.8 Å². The van der Waals surface area contributed by atoms with Crippen LogP contribution in [0.5, 0.6) is 0 Å². The van der Waals surface area contributed by atoms with E-state index in [0.717, 1.165) is 28.3 Å². The highest BCUT2D eigenvalue weighted by Gasteiger charge is 2.13. The van der Waals surface area contributed by atoms with Crippen molar-refractivity contribution >= 4 is 23.4 Å². The van der Waals surface area contributed by atoms with Crippen LogP contribution in [0.25, 0.3) is 11.1 Å². The van der Waals surface area contributed by atoms with Crippen LogP contribution in [0.3, 0.4) is 0 Å². The minimum Gasteiger partial charge on any atom is -0.326 e. The number of likely N-dealkylation sites (N-methyl/N-ethyl adjacent to an activating group) is 1. The van der Waals surface area contributed by atoms with E-state index >= 15 is 0 Å². The first-order valence-electron chi connectivity index (χ1n) is 9.04. The minimum atomic E-state index is 0.0246. The summed E-state index contributed by atoms with van der Waals surface area (Å²) in [4.78, 5) is 15.0. The Labute approximate surface area is 165 Å². The molecule has 3 aromatic rings. The lowest BCUT2D eigenvalue weighted by Crippen LogP contribution is -3.08. The van der Waals surface area contributed by atoms with Crippen molar-refractivity contribution in [2.75, 3.05) is 25.2 Å². The van der Waals surface area contributed by atoms with Gasteiger partial charge in [0.25, 0.3) is 5.91 Å². The molecule has 1 amide bonds. The van der Waals surface area contributed by atoms with E-state index in [2.05, 4.69) is 48.0 Å². The van der Waals surface area contributed by atoms with Gasteiger partial charge in [-0.3, -0.25) is 4.79 Å². The molecule has 2 N–H and O–H groups in total. The summed E-state index contributed by atoms with van der Waals surface area (Å²) < 4.78 is 0. The van der Waals surface area contributed by atoms with Gasteiger partial charge in [-0.15, -0.1) is 11.8 Å². The summed E-state index contributed by atoms with van der Waals surface area (Å²) >= 11 is 1.74. The van der Waals surface area contributed by atoms with Crippen molar-refractivity contribution in [3.05, 3.63) is 84.4 Å². The van der Waals surface area contributed by atoms with Crippen LogP contribution in [-0.2, 0) is 11.3 Å². The number of amides is 1. The fourth-order valence-corrected chi connectivity index (χ4v) is 3.49. The molecule has 0 saturated heterocycles. The Morgan fingerprint density at radius 1 is 0.926 bits per heavy atom. The summed E-state index contributed by atoms with van der Waals surface area (Å²) in [6.45, 7) is 1.25. The second kappa shape index (κ2) is 9.40. The Morgan fingerprint density at radius 3 is 2.30 bits per heavy atom. The highest BCUT2D eigenvalue weighted by molar-refractivity contribution is 7.98. The van der Waals surface area contributed by atoms with Gasteiger partial charge in [0.2, 0.25) is 0 Å². The summed E-state index contributed by atoms with van der Waals surface area (Å²) in [5.74, 6) is 0.0246. The van der Waals surface area contributed by atoms with Gasteiger partial charge in [0.05, 0.1) is 7.05 Å². The molecule has 0 fully saturated rings.